The molecule has 4 aromatic carbocycles. The van der Waals surface area contributed by atoms with Crippen LogP contribution in [0.25, 0.3) is 21.9 Å². The molecule has 4 rings (SSSR count). The zero-order valence-corrected chi connectivity index (χ0v) is 15.1. The first-order valence-corrected chi connectivity index (χ1v) is 8.97. The fourth-order valence-corrected chi connectivity index (χ4v) is 3.28. The Hall–Kier alpha value is -3.63. The van der Waals surface area contributed by atoms with E-state index in [2.05, 4.69) is 5.32 Å². The fraction of sp³-hybridized carbons (Fsp3) is 0.0417. The van der Waals surface area contributed by atoms with Crippen molar-refractivity contribution in [2.45, 2.75) is 6.61 Å². The number of fused-ring (bicyclic) bond motifs is 1. The molecule has 4 nitrogen and oxygen atoms in total. The molecule has 138 valence electrons. The molecule has 0 unspecified atom stereocenters. The van der Waals surface area contributed by atoms with E-state index in [-0.39, 0.29) is 12.2 Å². The van der Waals surface area contributed by atoms with E-state index in [1.54, 1.807) is 12.1 Å². The lowest BCUT2D eigenvalue weighted by atomic mass is 10.00. The molecule has 0 spiro atoms. The summed E-state index contributed by atoms with van der Waals surface area (Å²) in [5, 5.41) is 24.5. The number of rotatable bonds is 5. The van der Waals surface area contributed by atoms with Gasteiger partial charge in [0.2, 0.25) is 0 Å². The van der Waals surface area contributed by atoms with Gasteiger partial charge in [0.05, 0.1) is 17.9 Å². The van der Waals surface area contributed by atoms with E-state index in [1.807, 2.05) is 72.8 Å². The second kappa shape index (κ2) is 7.55. The Morgan fingerprint density at radius 2 is 1.57 bits per heavy atom. The van der Waals surface area contributed by atoms with Crippen LogP contribution in [-0.2, 0) is 6.61 Å². The molecular weight excluding hydrogens is 350 g/mol. The Morgan fingerprint density at radius 1 is 0.786 bits per heavy atom. The van der Waals surface area contributed by atoms with E-state index in [9.17, 15) is 15.0 Å². The summed E-state index contributed by atoms with van der Waals surface area (Å²) in [5.41, 5.74) is 4.00. The second-order valence-corrected chi connectivity index (χ2v) is 6.61. The molecule has 0 saturated heterocycles. The molecule has 0 aliphatic rings. The van der Waals surface area contributed by atoms with Gasteiger partial charge in [-0.25, -0.2) is 4.79 Å². The average Bonchev–Trinajstić information content (AvgIpc) is 2.74. The molecule has 4 heteroatoms. The highest BCUT2D eigenvalue weighted by molar-refractivity contribution is 5.97. The number of carbonyl (C=O) groups is 1. The molecule has 0 amide bonds. The minimum absolute atomic E-state index is 0.0543. The number of aliphatic hydroxyl groups is 1. The van der Waals surface area contributed by atoms with Crippen molar-refractivity contribution in [1.82, 2.24) is 0 Å². The maximum atomic E-state index is 11.9. The zero-order chi connectivity index (χ0) is 19.5. The maximum absolute atomic E-state index is 11.9. The van der Waals surface area contributed by atoms with Gasteiger partial charge in [-0.1, -0.05) is 54.6 Å². The third-order valence-electron chi connectivity index (χ3n) is 4.72. The summed E-state index contributed by atoms with van der Waals surface area (Å²) < 4.78 is 0. The summed E-state index contributed by atoms with van der Waals surface area (Å²) in [6, 6.07) is 26.7. The Kier molecular flexibility index (Phi) is 4.79. The first kappa shape index (κ1) is 17.8. The van der Waals surface area contributed by atoms with Crippen molar-refractivity contribution < 1.29 is 15.0 Å². The lowest BCUT2D eigenvalue weighted by molar-refractivity contribution is 0.0698. The third-order valence-corrected chi connectivity index (χ3v) is 4.72. The summed E-state index contributed by atoms with van der Waals surface area (Å²) in [7, 11) is 0. The Bertz CT molecular complexity index is 1170. The van der Waals surface area contributed by atoms with Crippen LogP contribution in [0.4, 0.5) is 11.4 Å². The minimum atomic E-state index is -0.997. The van der Waals surface area contributed by atoms with Gasteiger partial charge in [0, 0.05) is 5.69 Å². The van der Waals surface area contributed by atoms with Gasteiger partial charge in [-0.3, -0.25) is 0 Å². The van der Waals surface area contributed by atoms with Crippen molar-refractivity contribution in [3.63, 3.8) is 0 Å². The van der Waals surface area contributed by atoms with Gasteiger partial charge < -0.3 is 15.5 Å². The number of aromatic carboxylic acids is 1. The molecule has 0 saturated carbocycles. The second-order valence-electron chi connectivity index (χ2n) is 6.61. The van der Waals surface area contributed by atoms with Crippen molar-refractivity contribution in [3.8, 4) is 11.1 Å². The van der Waals surface area contributed by atoms with Crippen molar-refractivity contribution in [3.05, 3.63) is 96.1 Å². The highest BCUT2D eigenvalue weighted by atomic mass is 16.4. The standard InChI is InChI=1S/C24H19NO3/c26-15-16-4-3-7-18(12-16)20-9-11-23(22(14-20)24(27)28)25-21-10-8-17-5-1-2-6-19(17)13-21/h1-14,25-26H,15H2,(H,27,28). The molecule has 3 N–H and O–H groups in total. The molecule has 0 fully saturated rings. The number of benzene rings is 4. The van der Waals surface area contributed by atoms with Crippen LogP contribution in [0.3, 0.4) is 0 Å². The van der Waals surface area contributed by atoms with Gasteiger partial charge in [0.1, 0.15) is 0 Å². The molecule has 28 heavy (non-hydrogen) atoms. The van der Waals surface area contributed by atoms with E-state index >= 15 is 0 Å². The maximum Gasteiger partial charge on any atom is 0.337 e. The number of carboxylic acid groups (broad SMARTS) is 1. The lowest BCUT2D eigenvalue weighted by Gasteiger charge is -2.13. The SMILES string of the molecule is O=C(O)c1cc(-c2cccc(CO)c2)ccc1Nc1ccc2ccccc2c1. The molecule has 0 aliphatic carbocycles. The molecular formula is C24H19NO3. The molecule has 0 aromatic heterocycles. The fourth-order valence-electron chi connectivity index (χ4n) is 3.28. The molecule has 4 aromatic rings. The van der Waals surface area contributed by atoms with Crippen molar-refractivity contribution >= 4 is 28.1 Å². The predicted octanol–water partition coefficient (Wildman–Crippen LogP) is 5.44. The monoisotopic (exact) mass is 369 g/mol. The number of nitrogens with one attached hydrogen (secondary N) is 1. The van der Waals surface area contributed by atoms with Gasteiger partial charge in [0.25, 0.3) is 0 Å². The van der Waals surface area contributed by atoms with Crippen molar-refractivity contribution in [2.24, 2.45) is 0 Å². The van der Waals surface area contributed by atoms with E-state index in [0.29, 0.717) is 5.69 Å². The Labute approximate surface area is 162 Å². The molecule has 0 radical (unpaired) electrons. The van der Waals surface area contributed by atoms with Crippen LogP contribution >= 0.6 is 0 Å². The average molecular weight is 369 g/mol. The first-order valence-electron chi connectivity index (χ1n) is 8.97. The number of hydrogen-bond acceptors (Lipinski definition) is 3. The van der Waals surface area contributed by atoms with E-state index in [0.717, 1.165) is 33.2 Å². The molecule has 0 aliphatic heterocycles. The topological polar surface area (TPSA) is 69.6 Å². The number of hydrogen-bond donors (Lipinski definition) is 3. The quantitative estimate of drug-likeness (QED) is 0.438. The van der Waals surface area contributed by atoms with Gasteiger partial charge >= 0.3 is 5.97 Å². The van der Waals surface area contributed by atoms with E-state index < -0.39 is 5.97 Å². The highest BCUT2D eigenvalue weighted by Crippen LogP contribution is 2.29. The summed E-state index contributed by atoms with van der Waals surface area (Å²) in [6.07, 6.45) is 0. The highest BCUT2D eigenvalue weighted by Gasteiger charge is 2.13. The van der Waals surface area contributed by atoms with Gasteiger partial charge in [-0.15, -0.1) is 0 Å². The number of aliphatic hydroxyl groups excluding tert-OH is 1. The van der Waals surface area contributed by atoms with Gasteiger partial charge in [-0.2, -0.15) is 0 Å². The smallest absolute Gasteiger partial charge is 0.337 e. The summed E-state index contributed by atoms with van der Waals surface area (Å²) in [6.45, 7) is -0.0543. The number of carboxylic acids is 1. The molecule has 0 bridgehead atoms. The summed E-state index contributed by atoms with van der Waals surface area (Å²) in [5.74, 6) is -0.997. The Morgan fingerprint density at radius 3 is 2.36 bits per heavy atom. The van der Waals surface area contributed by atoms with Crippen LogP contribution in [-0.4, -0.2) is 16.2 Å². The molecule has 0 heterocycles. The van der Waals surface area contributed by atoms with E-state index in [4.69, 9.17) is 0 Å². The van der Waals surface area contributed by atoms with Crippen LogP contribution in [0.2, 0.25) is 0 Å². The van der Waals surface area contributed by atoms with Crippen molar-refractivity contribution in [1.29, 1.82) is 0 Å². The van der Waals surface area contributed by atoms with Crippen LogP contribution in [0.15, 0.2) is 84.9 Å². The largest absolute Gasteiger partial charge is 0.478 e. The van der Waals surface area contributed by atoms with Crippen LogP contribution in [0, 0.1) is 0 Å². The zero-order valence-electron chi connectivity index (χ0n) is 15.1. The van der Waals surface area contributed by atoms with E-state index in [1.165, 1.54) is 0 Å². The first-order chi connectivity index (χ1) is 13.6. The van der Waals surface area contributed by atoms with Crippen molar-refractivity contribution in [2.75, 3.05) is 5.32 Å². The summed E-state index contributed by atoms with van der Waals surface area (Å²) >= 11 is 0. The Balaban J connectivity index is 1.71. The van der Waals surface area contributed by atoms with Crippen LogP contribution in [0.1, 0.15) is 15.9 Å². The normalized spacial score (nSPS) is 10.8. The van der Waals surface area contributed by atoms with Crippen LogP contribution in [0.5, 0.6) is 0 Å². The number of anilines is 2. The predicted molar refractivity (Wildman–Crippen MR) is 112 cm³/mol. The third kappa shape index (κ3) is 3.59. The lowest BCUT2D eigenvalue weighted by Crippen LogP contribution is -2.03. The van der Waals surface area contributed by atoms with Gasteiger partial charge in [0.15, 0.2) is 0 Å². The van der Waals surface area contributed by atoms with Gasteiger partial charge in [-0.05, 0) is 57.8 Å². The minimum Gasteiger partial charge on any atom is -0.478 e. The summed E-state index contributed by atoms with van der Waals surface area (Å²) in [4.78, 5) is 11.9. The molecule has 0 atom stereocenters. The van der Waals surface area contributed by atoms with Crippen LogP contribution < -0.4 is 5.32 Å².